The van der Waals surface area contributed by atoms with Gasteiger partial charge in [0.05, 0.1) is 11.3 Å². The third kappa shape index (κ3) is 5.00. The molecule has 2 aliphatic heterocycles. The van der Waals surface area contributed by atoms with Gasteiger partial charge < -0.3 is 25.3 Å². The summed E-state index contributed by atoms with van der Waals surface area (Å²) in [6.07, 6.45) is -1.97. The molecular weight excluding hydrogens is 420 g/mol. The molecule has 3 N–H and O–H groups in total. The maximum atomic E-state index is 12.6. The van der Waals surface area contributed by atoms with Crippen LogP contribution in [-0.4, -0.2) is 58.8 Å². The number of carbonyl (C=O) groups excluding carboxylic acids is 2. The molecule has 0 spiro atoms. The molecule has 2 aromatic carbocycles. The van der Waals surface area contributed by atoms with Gasteiger partial charge in [-0.05, 0) is 42.0 Å². The molecule has 0 aliphatic carbocycles. The monoisotopic (exact) mass is 448 g/mol. The largest absolute Gasteiger partial charge is 0.380 e. The summed E-state index contributed by atoms with van der Waals surface area (Å²) in [7, 11) is 0. The number of benzene rings is 2. The normalized spacial score (nSPS) is 17.7. The number of anilines is 1. The van der Waals surface area contributed by atoms with Gasteiger partial charge in [0.25, 0.3) is 11.8 Å². The Morgan fingerprint density at radius 1 is 1.00 bits per heavy atom. The molecule has 2 amide bonds. The first-order valence-electron chi connectivity index (χ1n) is 11.2. The van der Waals surface area contributed by atoms with Crippen LogP contribution in [0.5, 0.6) is 0 Å². The lowest BCUT2D eigenvalue weighted by atomic mass is 9.95. The Balaban J connectivity index is 1.24. The topological polar surface area (TPSA) is 117 Å². The molecule has 33 heavy (non-hydrogen) atoms. The molecule has 1 fully saturated rings. The standard InChI is InChI=1S/C25H28N4O4/c26-13-18-5-3-4-8-21(18)28-11-9-17(10-12-28)14-27-24(32)22(30)23(31)25(33)29-15-19-6-1-2-7-20(19)16-29/h1-8,17,22-23,30-31H,9-12,14-16H2,(H,27,32)/t22?,23-/m1/s1. The van der Waals surface area contributed by atoms with Crippen molar-refractivity contribution in [2.24, 2.45) is 5.92 Å². The molecule has 2 aromatic rings. The number of rotatable bonds is 6. The van der Waals surface area contributed by atoms with Gasteiger partial charge in [0.1, 0.15) is 6.07 Å². The van der Waals surface area contributed by atoms with Crippen LogP contribution in [0.15, 0.2) is 48.5 Å². The zero-order valence-corrected chi connectivity index (χ0v) is 18.4. The zero-order chi connectivity index (χ0) is 23.4. The average molecular weight is 449 g/mol. The van der Waals surface area contributed by atoms with Crippen LogP contribution < -0.4 is 10.2 Å². The van der Waals surface area contributed by atoms with Crippen molar-refractivity contribution < 1.29 is 19.8 Å². The molecule has 0 saturated carbocycles. The fourth-order valence-electron chi connectivity index (χ4n) is 4.53. The highest BCUT2D eigenvalue weighted by Gasteiger charge is 2.35. The molecule has 4 rings (SSSR count). The Labute approximate surface area is 193 Å². The lowest BCUT2D eigenvalue weighted by Gasteiger charge is -2.34. The number of para-hydroxylation sites is 1. The molecule has 2 heterocycles. The Kier molecular flexibility index (Phi) is 6.92. The fraction of sp³-hybridized carbons (Fsp3) is 0.400. The van der Waals surface area contributed by atoms with Gasteiger partial charge in [-0.1, -0.05) is 36.4 Å². The molecule has 1 saturated heterocycles. The number of aliphatic hydroxyl groups is 2. The zero-order valence-electron chi connectivity index (χ0n) is 18.4. The van der Waals surface area contributed by atoms with Gasteiger partial charge in [-0.2, -0.15) is 5.26 Å². The van der Waals surface area contributed by atoms with Crippen molar-refractivity contribution in [1.29, 1.82) is 5.26 Å². The third-order valence-corrected chi connectivity index (χ3v) is 6.52. The van der Waals surface area contributed by atoms with Crippen LogP contribution in [0.25, 0.3) is 0 Å². The van der Waals surface area contributed by atoms with Crippen molar-refractivity contribution in [2.45, 2.75) is 38.1 Å². The molecule has 2 aliphatic rings. The first kappa shape index (κ1) is 22.8. The summed E-state index contributed by atoms with van der Waals surface area (Å²) in [5.74, 6) is -1.18. The van der Waals surface area contributed by atoms with E-state index in [0.29, 0.717) is 25.2 Å². The van der Waals surface area contributed by atoms with Gasteiger partial charge in [0.2, 0.25) is 0 Å². The molecule has 2 atom stereocenters. The van der Waals surface area contributed by atoms with E-state index in [0.717, 1.165) is 42.7 Å². The first-order chi connectivity index (χ1) is 16.0. The second kappa shape index (κ2) is 10.0. The van der Waals surface area contributed by atoms with Gasteiger partial charge >= 0.3 is 0 Å². The number of aliphatic hydroxyl groups excluding tert-OH is 2. The maximum Gasteiger partial charge on any atom is 0.255 e. The third-order valence-electron chi connectivity index (χ3n) is 6.52. The molecule has 172 valence electrons. The quantitative estimate of drug-likeness (QED) is 0.611. The number of piperidine rings is 1. The van der Waals surface area contributed by atoms with Gasteiger partial charge in [0, 0.05) is 32.7 Å². The number of fused-ring (bicyclic) bond motifs is 1. The van der Waals surface area contributed by atoms with Gasteiger partial charge in [-0.15, -0.1) is 0 Å². The predicted octanol–water partition coefficient (Wildman–Crippen LogP) is 1.16. The Morgan fingerprint density at radius 2 is 1.61 bits per heavy atom. The summed E-state index contributed by atoms with van der Waals surface area (Å²) in [6, 6.07) is 17.3. The van der Waals surface area contributed by atoms with Crippen molar-refractivity contribution in [3.05, 3.63) is 65.2 Å². The van der Waals surface area contributed by atoms with E-state index in [1.807, 2.05) is 42.5 Å². The van der Waals surface area contributed by atoms with Crippen molar-refractivity contribution >= 4 is 17.5 Å². The lowest BCUT2D eigenvalue weighted by molar-refractivity contribution is -0.153. The van der Waals surface area contributed by atoms with Crippen LogP contribution in [-0.2, 0) is 22.7 Å². The van der Waals surface area contributed by atoms with E-state index >= 15 is 0 Å². The van der Waals surface area contributed by atoms with Gasteiger partial charge in [-0.25, -0.2) is 0 Å². The van der Waals surface area contributed by atoms with Crippen LogP contribution in [0.4, 0.5) is 5.69 Å². The number of nitrogens with zero attached hydrogens (tertiary/aromatic N) is 3. The highest BCUT2D eigenvalue weighted by molar-refractivity contribution is 5.91. The molecule has 1 unspecified atom stereocenters. The van der Waals surface area contributed by atoms with E-state index in [4.69, 9.17) is 0 Å². The molecule has 0 bridgehead atoms. The minimum absolute atomic E-state index is 0.215. The summed E-state index contributed by atoms with van der Waals surface area (Å²) in [5.41, 5.74) is 3.57. The van der Waals surface area contributed by atoms with Crippen LogP contribution in [0.2, 0.25) is 0 Å². The number of hydrogen-bond acceptors (Lipinski definition) is 6. The van der Waals surface area contributed by atoms with E-state index in [1.165, 1.54) is 4.90 Å². The number of amides is 2. The second-order valence-corrected chi connectivity index (χ2v) is 8.66. The number of carbonyl (C=O) groups is 2. The minimum Gasteiger partial charge on any atom is -0.380 e. The van der Waals surface area contributed by atoms with E-state index in [9.17, 15) is 25.1 Å². The summed E-state index contributed by atoms with van der Waals surface area (Å²) in [4.78, 5) is 28.6. The summed E-state index contributed by atoms with van der Waals surface area (Å²) in [6.45, 7) is 2.60. The number of nitrogens with one attached hydrogen (secondary N) is 1. The molecule has 8 heteroatoms. The SMILES string of the molecule is N#Cc1ccccc1N1CCC(CNC(=O)C(O)[C@@H](O)C(=O)N2Cc3ccccc3C2)CC1. The Morgan fingerprint density at radius 3 is 2.24 bits per heavy atom. The lowest BCUT2D eigenvalue weighted by Crippen LogP contribution is -2.50. The van der Waals surface area contributed by atoms with E-state index in [-0.39, 0.29) is 5.92 Å². The maximum absolute atomic E-state index is 12.6. The molecule has 0 aromatic heterocycles. The number of nitriles is 1. The molecule has 8 nitrogen and oxygen atoms in total. The van der Waals surface area contributed by atoms with Crippen molar-refractivity contribution in [3.8, 4) is 6.07 Å². The van der Waals surface area contributed by atoms with Crippen molar-refractivity contribution in [2.75, 3.05) is 24.5 Å². The summed E-state index contributed by atoms with van der Waals surface area (Å²) >= 11 is 0. The highest BCUT2D eigenvalue weighted by Crippen LogP contribution is 2.26. The van der Waals surface area contributed by atoms with Crippen LogP contribution >= 0.6 is 0 Å². The molecular formula is C25H28N4O4. The van der Waals surface area contributed by atoms with Crippen LogP contribution in [0, 0.1) is 17.2 Å². The highest BCUT2D eigenvalue weighted by atomic mass is 16.3. The Hall–Kier alpha value is -3.41. The van der Waals surface area contributed by atoms with Crippen molar-refractivity contribution in [1.82, 2.24) is 10.2 Å². The summed E-state index contributed by atoms with van der Waals surface area (Å²) in [5, 5.41) is 32.6. The van der Waals surface area contributed by atoms with E-state index in [1.54, 1.807) is 6.07 Å². The smallest absolute Gasteiger partial charge is 0.255 e. The first-order valence-corrected chi connectivity index (χ1v) is 11.2. The number of hydrogen-bond donors (Lipinski definition) is 3. The fourth-order valence-corrected chi connectivity index (χ4v) is 4.53. The predicted molar refractivity (Wildman–Crippen MR) is 122 cm³/mol. The van der Waals surface area contributed by atoms with Crippen LogP contribution in [0.1, 0.15) is 29.5 Å². The molecule has 0 radical (unpaired) electrons. The average Bonchev–Trinajstić information content (AvgIpc) is 3.30. The van der Waals surface area contributed by atoms with Crippen molar-refractivity contribution in [3.63, 3.8) is 0 Å². The minimum atomic E-state index is -1.82. The van der Waals surface area contributed by atoms with Gasteiger partial charge in [0.15, 0.2) is 12.2 Å². The van der Waals surface area contributed by atoms with Crippen LogP contribution in [0.3, 0.4) is 0 Å². The van der Waals surface area contributed by atoms with E-state index in [2.05, 4.69) is 16.3 Å². The Bertz CT molecular complexity index is 1030. The van der Waals surface area contributed by atoms with Gasteiger partial charge in [-0.3, -0.25) is 9.59 Å². The van der Waals surface area contributed by atoms with E-state index < -0.39 is 24.0 Å². The summed E-state index contributed by atoms with van der Waals surface area (Å²) < 4.78 is 0. The second-order valence-electron chi connectivity index (χ2n) is 8.66.